The third-order valence-electron chi connectivity index (χ3n) is 2.48. The van der Waals surface area contributed by atoms with Crippen LogP contribution in [0.1, 0.15) is 5.69 Å². The van der Waals surface area contributed by atoms with Crippen molar-refractivity contribution in [1.82, 2.24) is 9.97 Å². The number of nitrogens with zero attached hydrogens (tertiary/aromatic N) is 1. The van der Waals surface area contributed by atoms with Crippen molar-refractivity contribution in [3.63, 3.8) is 0 Å². The maximum Gasteiger partial charge on any atom is 0.264 e. The Bertz CT molecular complexity index is 652. The normalized spacial score (nSPS) is 10.4. The van der Waals surface area contributed by atoms with Crippen molar-refractivity contribution in [2.24, 2.45) is 0 Å². The maximum atomic E-state index is 11.7. The van der Waals surface area contributed by atoms with Crippen molar-refractivity contribution in [1.29, 1.82) is 0 Å². The highest BCUT2D eigenvalue weighted by atomic mass is 127. The van der Waals surface area contributed by atoms with Crippen LogP contribution in [0.25, 0.3) is 11.4 Å². The van der Waals surface area contributed by atoms with E-state index in [-0.39, 0.29) is 11.3 Å². The van der Waals surface area contributed by atoms with Crippen molar-refractivity contribution < 1.29 is 9.84 Å². The molecule has 2 N–H and O–H groups in total. The number of aromatic amines is 1. The molecule has 0 saturated heterocycles. The van der Waals surface area contributed by atoms with Crippen LogP contribution < -0.4 is 10.3 Å². The van der Waals surface area contributed by atoms with Crippen LogP contribution in [0.5, 0.6) is 11.5 Å². The van der Waals surface area contributed by atoms with Crippen LogP contribution in [0.2, 0.25) is 0 Å². The predicted octanol–water partition coefficient (Wildman–Crippen LogP) is 2.06. The Morgan fingerprint density at radius 1 is 1.44 bits per heavy atom. The third-order valence-corrected chi connectivity index (χ3v) is 3.75. The summed E-state index contributed by atoms with van der Waals surface area (Å²) in [5.74, 6) is 0.841. The number of rotatable bonds is 2. The standard InChI is InChI=1S/C12H11IN2O3/c1-6-10(13)12(17)15-11(14-6)7-3-4-8(16)9(5-7)18-2/h3-5,16H,1-2H3,(H,14,15,17). The van der Waals surface area contributed by atoms with Crippen LogP contribution >= 0.6 is 22.6 Å². The lowest BCUT2D eigenvalue weighted by molar-refractivity contribution is 0.373. The minimum absolute atomic E-state index is 0.0471. The van der Waals surface area contributed by atoms with Gasteiger partial charge in [-0.15, -0.1) is 0 Å². The summed E-state index contributed by atoms with van der Waals surface area (Å²) in [7, 11) is 1.47. The van der Waals surface area contributed by atoms with E-state index in [9.17, 15) is 9.90 Å². The van der Waals surface area contributed by atoms with E-state index in [1.807, 2.05) is 22.6 Å². The molecule has 0 aliphatic rings. The van der Waals surface area contributed by atoms with Gasteiger partial charge >= 0.3 is 0 Å². The first-order chi connectivity index (χ1) is 8.52. The molecule has 0 atom stereocenters. The molecule has 0 bridgehead atoms. The minimum Gasteiger partial charge on any atom is -0.504 e. The largest absolute Gasteiger partial charge is 0.504 e. The summed E-state index contributed by atoms with van der Waals surface area (Å²) in [6.07, 6.45) is 0. The second-order valence-corrected chi connectivity index (χ2v) is 4.78. The number of aryl methyl sites for hydroxylation is 1. The number of ether oxygens (including phenoxy) is 1. The number of methoxy groups -OCH3 is 1. The Kier molecular flexibility index (Phi) is 3.55. The Morgan fingerprint density at radius 3 is 2.78 bits per heavy atom. The molecule has 0 radical (unpaired) electrons. The van der Waals surface area contributed by atoms with Crippen LogP contribution in [-0.2, 0) is 0 Å². The number of benzene rings is 1. The second-order valence-electron chi connectivity index (χ2n) is 3.70. The molecule has 0 amide bonds. The van der Waals surface area contributed by atoms with Crippen LogP contribution in [0.3, 0.4) is 0 Å². The number of aromatic nitrogens is 2. The molecule has 18 heavy (non-hydrogen) atoms. The predicted molar refractivity (Wildman–Crippen MR) is 76.0 cm³/mol. The fourth-order valence-corrected chi connectivity index (χ4v) is 1.79. The van der Waals surface area contributed by atoms with E-state index in [2.05, 4.69) is 9.97 Å². The lowest BCUT2D eigenvalue weighted by atomic mass is 10.2. The Morgan fingerprint density at radius 2 is 2.17 bits per heavy atom. The SMILES string of the molecule is COc1cc(-c2nc(C)c(I)c(=O)[nH]2)ccc1O. The quantitative estimate of drug-likeness (QED) is 0.806. The van der Waals surface area contributed by atoms with Crippen molar-refractivity contribution >= 4 is 22.6 Å². The first-order valence-corrected chi connectivity index (χ1v) is 6.24. The van der Waals surface area contributed by atoms with Gasteiger partial charge < -0.3 is 14.8 Å². The van der Waals surface area contributed by atoms with Crippen LogP contribution in [-0.4, -0.2) is 22.2 Å². The van der Waals surface area contributed by atoms with Gasteiger partial charge in [0.1, 0.15) is 5.82 Å². The summed E-state index contributed by atoms with van der Waals surface area (Å²) in [6, 6.07) is 4.80. The number of H-pyrrole nitrogens is 1. The fraction of sp³-hybridized carbons (Fsp3) is 0.167. The minimum atomic E-state index is -0.176. The van der Waals surface area contributed by atoms with E-state index in [1.165, 1.54) is 13.2 Å². The number of phenolic OH excluding ortho intramolecular Hbond substituents is 1. The van der Waals surface area contributed by atoms with Crippen molar-refractivity contribution in [2.75, 3.05) is 7.11 Å². The molecule has 0 aliphatic heterocycles. The van der Waals surface area contributed by atoms with Gasteiger partial charge in [0.15, 0.2) is 11.5 Å². The van der Waals surface area contributed by atoms with Crippen molar-refractivity contribution in [3.05, 3.63) is 37.8 Å². The topological polar surface area (TPSA) is 75.2 Å². The molecule has 2 aromatic rings. The van der Waals surface area contributed by atoms with E-state index in [4.69, 9.17) is 4.74 Å². The summed E-state index contributed by atoms with van der Waals surface area (Å²) in [5.41, 5.74) is 1.17. The smallest absolute Gasteiger partial charge is 0.264 e. The number of aromatic hydroxyl groups is 1. The van der Waals surface area contributed by atoms with E-state index in [1.54, 1.807) is 19.1 Å². The third kappa shape index (κ3) is 2.33. The van der Waals surface area contributed by atoms with E-state index in [0.29, 0.717) is 26.4 Å². The molecule has 0 saturated carbocycles. The maximum absolute atomic E-state index is 11.7. The zero-order valence-corrected chi connectivity index (χ0v) is 12.0. The average Bonchev–Trinajstić information content (AvgIpc) is 2.36. The number of hydrogen-bond donors (Lipinski definition) is 2. The van der Waals surface area contributed by atoms with Gasteiger partial charge in [0.25, 0.3) is 5.56 Å². The van der Waals surface area contributed by atoms with Crippen LogP contribution in [0, 0.1) is 10.5 Å². The highest BCUT2D eigenvalue weighted by Crippen LogP contribution is 2.29. The van der Waals surface area contributed by atoms with Gasteiger partial charge in [-0.2, -0.15) is 0 Å². The molecule has 0 fully saturated rings. The van der Waals surface area contributed by atoms with Gasteiger partial charge in [-0.05, 0) is 47.7 Å². The Balaban J connectivity index is 2.59. The van der Waals surface area contributed by atoms with Gasteiger partial charge in [0.05, 0.1) is 16.4 Å². The first-order valence-electron chi connectivity index (χ1n) is 5.16. The zero-order valence-electron chi connectivity index (χ0n) is 9.82. The number of halogens is 1. The molecule has 2 rings (SSSR count). The summed E-state index contributed by atoms with van der Waals surface area (Å²) in [6.45, 7) is 1.78. The monoisotopic (exact) mass is 358 g/mol. The highest BCUT2D eigenvalue weighted by Gasteiger charge is 2.09. The van der Waals surface area contributed by atoms with Gasteiger partial charge in [-0.25, -0.2) is 4.98 Å². The molecule has 5 nitrogen and oxygen atoms in total. The lowest BCUT2D eigenvalue weighted by Crippen LogP contribution is -2.14. The molecule has 0 spiro atoms. The van der Waals surface area contributed by atoms with Gasteiger partial charge in [-0.3, -0.25) is 4.79 Å². The van der Waals surface area contributed by atoms with Gasteiger partial charge in [0, 0.05) is 5.56 Å². The summed E-state index contributed by atoms with van der Waals surface area (Å²) < 4.78 is 5.59. The molecular weight excluding hydrogens is 347 g/mol. The summed E-state index contributed by atoms with van der Waals surface area (Å²) >= 11 is 1.95. The Hall–Kier alpha value is -1.57. The van der Waals surface area contributed by atoms with Crippen molar-refractivity contribution in [2.45, 2.75) is 6.92 Å². The number of hydrogen-bond acceptors (Lipinski definition) is 4. The molecule has 1 aromatic heterocycles. The molecule has 0 aliphatic carbocycles. The summed E-state index contributed by atoms with van der Waals surface area (Å²) in [5, 5.41) is 9.52. The average molecular weight is 358 g/mol. The molecule has 1 heterocycles. The number of phenols is 1. The molecular formula is C12H11IN2O3. The highest BCUT2D eigenvalue weighted by molar-refractivity contribution is 14.1. The van der Waals surface area contributed by atoms with Gasteiger partial charge in [-0.1, -0.05) is 0 Å². The summed E-state index contributed by atoms with van der Waals surface area (Å²) in [4.78, 5) is 18.7. The van der Waals surface area contributed by atoms with E-state index >= 15 is 0 Å². The first kappa shape index (κ1) is 12.9. The molecule has 0 unspecified atom stereocenters. The number of nitrogens with one attached hydrogen (secondary N) is 1. The lowest BCUT2D eigenvalue weighted by Gasteiger charge is -2.07. The second kappa shape index (κ2) is 4.97. The van der Waals surface area contributed by atoms with Crippen molar-refractivity contribution in [3.8, 4) is 22.9 Å². The van der Waals surface area contributed by atoms with E-state index < -0.39 is 0 Å². The molecule has 1 aromatic carbocycles. The Labute approximate surface area is 117 Å². The van der Waals surface area contributed by atoms with E-state index in [0.717, 1.165) is 0 Å². The molecule has 6 heteroatoms. The van der Waals surface area contributed by atoms with Gasteiger partial charge in [0.2, 0.25) is 0 Å². The van der Waals surface area contributed by atoms with Crippen LogP contribution in [0.4, 0.5) is 0 Å². The molecule has 94 valence electrons. The van der Waals surface area contributed by atoms with Crippen LogP contribution in [0.15, 0.2) is 23.0 Å². The fourth-order valence-electron chi connectivity index (χ4n) is 1.53. The zero-order chi connectivity index (χ0) is 13.3.